The van der Waals surface area contributed by atoms with Crippen molar-refractivity contribution in [2.24, 2.45) is 0 Å². The van der Waals surface area contributed by atoms with E-state index in [0.29, 0.717) is 21.6 Å². The van der Waals surface area contributed by atoms with Crippen LogP contribution in [0.15, 0.2) is 46.9 Å². The smallest absolute Gasteiger partial charge is 0.243 e. The van der Waals surface area contributed by atoms with Crippen LogP contribution < -0.4 is 4.31 Å². The standard InChI is InChI=1S/C18H15BrF4N2O2S2/c1-24(2)29(26,27)25(17-16(19)12-5-3-4-6-15(12)28-17)10-11-7-8-14(20)13(9-11)18(21,22)23/h3-9H,10H2,1-2H3. The number of anilines is 1. The lowest BCUT2D eigenvalue weighted by Gasteiger charge is -2.27. The maximum absolute atomic E-state index is 13.6. The van der Waals surface area contributed by atoms with E-state index in [-0.39, 0.29) is 5.56 Å². The molecule has 0 N–H and O–H groups in total. The highest BCUT2D eigenvalue weighted by Crippen LogP contribution is 2.44. The Kier molecular flexibility index (Phi) is 5.96. The number of thiophene rings is 1. The SMILES string of the molecule is CN(C)S(=O)(=O)N(Cc1ccc(F)c(C(F)(F)F)c1)c1sc2ccccc2c1Br. The van der Waals surface area contributed by atoms with Crippen LogP contribution in [0.3, 0.4) is 0 Å². The summed E-state index contributed by atoms with van der Waals surface area (Å²) >= 11 is 4.60. The zero-order valence-corrected chi connectivity index (χ0v) is 18.4. The Bertz CT molecular complexity index is 1160. The van der Waals surface area contributed by atoms with Gasteiger partial charge in [-0.2, -0.15) is 25.9 Å². The van der Waals surface area contributed by atoms with Gasteiger partial charge in [-0.1, -0.05) is 24.3 Å². The van der Waals surface area contributed by atoms with Crippen LogP contribution in [0.25, 0.3) is 10.1 Å². The number of benzene rings is 2. The molecule has 0 radical (unpaired) electrons. The molecule has 4 nitrogen and oxygen atoms in total. The number of hydrogen-bond donors (Lipinski definition) is 0. The second-order valence-electron chi connectivity index (χ2n) is 6.33. The maximum Gasteiger partial charge on any atom is 0.419 e. The topological polar surface area (TPSA) is 40.6 Å². The monoisotopic (exact) mass is 510 g/mol. The van der Waals surface area contributed by atoms with Crippen molar-refractivity contribution >= 4 is 52.6 Å². The largest absolute Gasteiger partial charge is 0.419 e. The molecular formula is C18H15BrF4N2O2S2. The van der Waals surface area contributed by atoms with E-state index in [1.807, 2.05) is 6.07 Å². The van der Waals surface area contributed by atoms with Crippen LogP contribution in [0.1, 0.15) is 11.1 Å². The van der Waals surface area contributed by atoms with Crippen LogP contribution >= 0.6 is 27.3 Å². The number of alkyl halides is 3. The summed E-state index contributed by atoms with van der Waals surface area (Å²) in [6, 6.07) is 9.69. The van der Waals surface area contributed by atoms with Crippen LogP contribution in [0.5, 0.6) is 0 Å². The molecule has 0 aliphatic carbocycles. The summed E-state index contributed by atoms with van der Waals surface area (Å²) in [4.78, 5) is 0. The Hall–Kier alpha value is -1.69. The van der Waals surface area contributed by atoms with Gasteiger partial charge in [-0.3, -0.25) is 0 Å². The minimum atomic E-state index is -4.89. The molecule has 3 rings (SSSR count). The fourth-order valence-electron chi connectivity index (χ4n) is 2.67. The van der Waals surface area contributed by atoms with E-state index in [1.54, 1.807) is 18.2 Å². The normalized spacial score (nSPS) is 12.7. The highest BCUT2D eigenvalue weighted by Gasteiger charge is 2.35. The fourth-order valence-corrected chi connectivity index (χ4v) is 6.12. The van der Waals surface area contributed by atoms with Crippen LogP contribution in [0, 0.1) is 5.82 Å². The van der Waals surface area contributed by atoms with Crippen LogP contribution in [0.2, 0.25) is 0 Å². The molecule has 156 valence electrons. The predicted molar refractivity (Wildman–Crippen MR) is 110 cm³/mol. The van der Waals surface area contributed by atoms with E-state index < -0.39 is 34.3 Å². The number of halogens is 5. The van der Waals surface area contributed by atoms with Crippen molar-refractivity contribution in [1.82, 2.24) is 4.31 Å². The van der Waals surface area contributed by atoms with Crippen molar-refractivity contribution in [3.8, 4) is 0 Å². The second kappa shape index (κ2) is 7.86. The summed E-state index contributed by atoms with van der Waals surface area (Å²) in [5.41, 5.74) is -1.43. The Balaban J connectivity index is 2.14. The molecular weight excluding hydrogens is 496 g/mol. The van der Waals surface area contributed by atoms with Gasteiger partial charge in [0.1, 0.15) is 10.8 Å². The minimum absolute atomic E-state index is 0.00788. The van der Waals surface area contributed by atoms with Gasteiger partial charge >= 0.3 is 16.4 Å². The van der Waals surface area contributed by atoms with E-state index in [2.05, 4.69) is 15.9 Å². The van der Waals surface area contributed by atoms with Gasteiger partial charge in [-0.15, -0.1) is 11.3 Å². The Labute approximate surface area is 177 Å². The highest BCUT2D eigenvalue weighted by molar-refractivity contribution is 9.10. The summed E-state index contributed by atoms with van der Waals surface area (Å²) in [7, 11) is -1.39. The summed E-state index contributed by atoms with van der Waals surface area (Å²) in [5, 5.41) is 1.10. The molecule has 11 heteroatoms. The summed E-state index contributed by atoms with van der Waals surface area (Å²) in [6.07, 6.45) is -4.89. The third kappa shape index (κ3) is 4.27. The highest BCUT2D eigenvalue weighted by atomic mass is 79.9. The second-order valence-corrected chi connectivity index (χ2v) is 10.2. The molecule has 0 saturated carbocycles. The van der Waals surface area contributed by atoms with E-state index in [1.165, 1.54) is 25.4 Å². The van der Waals surface area contributed by atoms with Crippen molar-refractivity contribution < 1.29 is 26.0 Å². The van der Waals surface area contributed by atoms with E-state index in [0.717, 1.165) is 24.8 Å². The zero-order valence-electron chi connectivity index (χ0n) is 15.2. The van der Waals surface area contributed by atoms with E-state index in [4.69, 9.17) is 0 Å². The average molecular weight is 511 g/mol. The Morgan fingerprint density at radius 3 is 2.34 bits per heavy atom. The van der Waals surface area contributed by atoms with Gasteiger partial charge in [0, 0.05) is 24.2 Å². The lowest BCUT2D eigenvalue weighted by atomic mass is 10.1. The molecule has 0 aliphatic rings. The molecule has 0 bridgehead atoms. The molecule has 0 fully saturated rings. The Morgan fingerprint density at radius 1 is 1.10 bits per heavy atom. The molecule has 29 heavy (non-hydrogen) atoms. The zero-order chi connectivity index (χ0) is 21.6. The quantitative estimate of drug-likeness (QED) is 0.417. The Morgan fingerprint density at radius 2 is 1.76 bits per heavy atom. The molecule has 0 spiro atoms. The van der Waals surface area contributed by atoms with Gasteiger partial charge in [0.25, 0.3) is 0 Å². The van der Waals surface area contributed by atoms with Gasteiger partial charge in [0.05, 0.1) is 16.6 Å². The third-order valence-corrected chi connectivity index (χ3v) is 8.31. The fraction of sp³-hybridized carbons (Fsp3) is 0.222. The maximum atomic E-state index is 13.6. The molecule has 1 heterocycles. The number of hydrogen-bond acceptors (Lipinski definition) is 3. The van der Waals surface area contributed by atoms with Crippen molar-refractivity contribution in [2.45, 2.75) is 12.7 Å². The third-order valence-electron chi connectivity index (χ3n) is 4.15. The molecule has 0 unspecified atom stereocenters. The van der Waals surface area contributed by atoms with Gasteiger partial charge in [-0.25, -0.2) is 8.70 Å². The average Bonchev–Trinajstić information content (AvgIpc) is 2.96. The molecule has 0 aliphatic heterocycles. The first kappa shape index (κ1) is 22.0. The number of nitrogens with zero attached hydrogens (tertiary/aromatic N) is 2. The van der Waals surface area contributed by atoms with Crippen molar-refractivity contribution in [1.29, 1.82) is 0 Å². The lowest BCUT2D eigenvalue weighted by molar-refractivity contribution is -0.140. The molecule has 0 saturated heterocycles. The van der Waals surface area contributed by atoms with Crippen LogP contribution in [-0.4, -0.2) is 26.8 Å². The summed E-state index contributed by atoms with van der Waals surface area (Å²) in [5.74, 6) is -1.41. The minimum Gasteiger partial charge on any atom is -0.243 e. The van der Waals surface area contributed by atoms with Crippen LogP contribution in [-0.2, 0) is 22.9 Å². The molecule has 1 aromatic heterocycles. The summed E-state index contributed by atoms with van der Waals surface area (Å²) < 4.78 is 82.0. The van der Waals surface area contributed by atoms with Gasteiger partial charge < -0.3 is 0 Å². The first-order chi connectivity index (χ1) is 13.4. The van der Waals surface area contributed by atoms with E-state index in [9.17, 15) is 26.0 Å². The molecule has 2 aromatic carbocycles. The van der Waals surface area contributed by atoms with E-state index >= 15 is 0 Å². The van der Waals surface area contributed by atoms with Gasteiger partial charge in [0.15, 0.2) is 0 Å². The van der Waals surface area contributed by atoms with Crippen molar-refractivity contribution in [2.75, 3.05) is 18.4 Å². The molecule has 0 atom stereocenters. The lowest BCUT2D eigenvalue weighted by Crippen LogP contribution is -2.39. The van der Waals surface area contributed by atoms with Crippen molar-refractivity contribution in [3.05, 3.63) is 63.9 Å². The van der Waals surface area contributed by atoms with Crippen molar-refractivity contribution in [3.63, 3.8) is 0 Å². The first-order valence-corrected chi connectivity index (χ1v) is 11.2. The summed E-state index contributed by atoms with van der Waals surface area (Å²) in [6.45, 7) is -0.394. The number of rotatable bonds is 5. The van der Waals surface area contributed by atoms with Gasteiger partial charge in [0.2, 0.25) is 0 Å². The predicted octanol–water partition coefficient (Wildman–Crippen LogP) is 5.63. The van der Waals surface area contributed by atoms with Gasteiger partial charge in [-0.05, 0) is 39.7 Å². The molecule has 0 amide bonds. The first-order valence-electron chi connectivity index (χ1n) is 8.15. The molecule has 3 aromatic rings. The van der Waals surface area contributed by atoms with Crippen LogP contribution in [0.4, 0.5) is 22.6 Å². The number of fused-ring (bicyclic) bond motifs is 1.